The number of anilines is 2. The minimum absolute atomic E-state index is 0.0609. The molecule has 0 aliphatic carbocycles. The Balaban J connectivity index is 1.05. The van der Waals surface area contributed by atoms with Gasteiger partial charge in [0.15, 0.2) is 5.75 Å². The van der Waals surface area contributed by atoms with E-state index in [1.165, 1.54) is 0 Å². The number of hydrogen-bond donors (Lipinski definition) is 1. The maximum Gasteiger partial charge on any atom is 0.266 e. The van der Waals surface area contributed by atoms with Gasteiger partial charge in [0.2, 0.25) is 8.41 Å². The fraction of sp³-hybridized carbons (Fsp3) is 0.325. The summed E-state index contributed by atoms with van der Waals surface area (Å²) in [7, 11) is -3.07. The number of para-hydroxylation sites is 3. The Hall–Kier alpha value is -4.64. The lowest BCUT2D eigenvalue weighted by molar-refractivity contribution is 0.0247. The first-order chi connectivity index (χ1) is 24.2. The lowest BCUT2D eigenvalue weighted by Crippen LogP contribution is -2.36. The van der Waals surface area contributed by atoms with E-state index in [0.29, 0.717) is 41.4 Å². The lowest BCUT2D eigenvalue weighted by atomic mass is 9.95. The largest absolute Gasteiger partial charge is 0.454 e. The number of aryl methyl sites for hydroxylation is 2. The van der Waals surface area contributed by atoms with Crippen LogP contribution < -0.4 is 9.64 Å². The molecule has 1 N–H and O–H groups in total. The van der Waals surface area contributed by atoms with Gasteiger partial charge in [-0.1, -0.05) is 78.9 Å². The van der Waals surface area contributed by atoms with Gasteiger partial charge in [0, 0.05) is 24.0 Å². The van der Waals surface area contributed by atoms with E-state index < -0.39 is 8.41 Å². The van der Waals surface area contributed by atoms with E-state index >= 15 is 4.11 Å². The Morgan fingerprint density at radius 1 is 0.900 bits per heavy atom. The van der Waals surface area contributed by atoms with Crippen LogP contribution in [0.4, 0.5) is 15.5 Å². The van der Waals surface area contributed by atoms with Crippen molar-refractivity contribution in [3.8, 4) is 11.5 Å². The van der Waals surface area contributed by atoms with Crippen LogP contribution in [0.3, 0.4) is 0 Å². The molecule has 10 heteroatoms. The first-order valence-electron chi connectivity index (χ1n) is 17.4. The second-order valence-electron chi connectivity index (χ2n) is 13.9. The fourth-order valence-electron chi connectivity index (χ4n) is 7.77. The molecular formula is C40H43FN4O4Si. The Morgan fingerprint density at radius 2 is 1.64 bits per heavy atom. The molecule has 4 aromatic carbocycles. The van der Waals surface area contributed by atoms with E-state index in [-0.39, 0.29) is 42.1 Å². The number of carbonyl (C=O) groups is 1. The maximum atomic E-state index is 15.9. The third-order valence-corrected chi connectivity index (χ3v) is 12.7. The van der Waals surface area contributed by atoms with Gasteiger partial charge in [-0.05, 0) is 85.8 Å². The van der Waals surface area contributed by atoms with Crippen LogP contribution in [-0.4, -0.2) is 53.2 Å². The summed E-state index contributed by atoms with van der Waals surface area (Å²) >= 11 is 0. The molecule has 0 saturated carbocycles. The number of aliphatic hydroxyl groups excluding tert-OH is 1. The molecule has 1 unspecified atom stereocenters. The number of carbonyl (C=O) groups excluding carboxylic acids is 1. The maximum absolute atomic E-state index is 15.9. The average Bonchev–Trinajstić information content (AvgIpc) is 3.68. The lowest BCUT2D eigenvalue weighted by Gasteiger charge is -2.28. The quantitative estimate of drug-likeness (QED) is 0.111. The molecule has 50 heavy (non-hydrogen) atoms. The number of benzene rings is 4. The van der Waals surface area contributed by atoms with Gasteiger partial charge in [0.1, 0.15) is 5.75 Å². The van der Waals surface area contributed by atoms with Crippen LogP contribution in [0.1, 0.15) is 52.9 Å². The minimum Gasteiger partial charge on any atom is -0.454 e. The van der Waals surface area contributed by atoms with E-state index in [1.807, 2.05) is 91.1 Å². The average molecular weight is 691 g/mol. The molecule has 8 nitrogen and oxygen atoms in total. The predicted molar refractivity (Wildman–Crippen MR) is 194 cm³/mol. The van der Waals surface area contributed by atoms with Gasteiger partial charge in [-0.15, -0.1) is 5.10 Å². The van der Waals surface area contributed by atoms with Crippen molar-refractivity contribution in [2.24, 2.45) is 5.92 Å². The second-order valence-corrected chi connectivity index (χ2v) is 17.7. The van der Waals surface area contributed by atoms with Gasteiger partial charge in [-0.2, -0.15) is 0 Å². The number of nitrogens with zero attached hydrogens (tertiary/aromatic N) is 4. The van der Waals surface area contributed by atoms with E-state index in [2.05, 4.69) is 29.4 Å². The fourth-order valence-corrected chi connectivity index (χ4v) is 10.4. The molecule has 0 radical (unpaired) electrons. The third-order valence-electron chi connectivity index (χ3n) is 10.2. The van der Waals surface area contributed by atoms with Crippen LogP contribution in [0, 0.1) is 5.92 Å². The number of amides is 1. The highest BCUT2D eigenvalue weighted by atomic mass is 28.4. The summed E-state index contributed by atoms with van der Waals surface area (Å²) < 4.78 is 30.6. The van der Waals surface area contributed by atoms with Gasteiger partial charge in [-0.3, -0.25) is 14.4 Å². The Morgan fingerprint density at radius 3 is 2.42 bits per heavy atom. The van der Waals surface area contributed by atoms with Crippen molar-refractivity contribution in [3.05, 3.63) is 132 Å². The van der Waals surface area contributed by atoms with E-state index in [1.54, 1.807) is 28.7 Å². The zero-order valence-electron chi connectivity index (χ0n) is 28.7. The Bertz CT molecular complexity index is 1950. The summed E-state index contributed by atoms with van der Waals surface area (Å²) in [5, 5.41) is 18.8. The number of fused-ring (bicyclic) bond motifs is 2. The number of aromatic nitrogens is 3. The first kappa shape index (κ1) is 33.8. The van der Waals surface area contributed by atoms with Crippen LogP contribution in [0.2, 0.25) is 18.6 Å². The molecular weight excluding hydrogens is 648 g/mol. The Labute approximate surface area is 293 Å². The van der Waals surface area contributed by atoms with Gasteiger partial charge in [0.25, 0.3) is 5.91 Å². The van der Waals surface area contributed by atoms with E-state index in [0.717, 1.165) is 29.7 Å². The standard InChI is InChI=1S/C40H43FN4O4Si/c1-27-35(48-38(39(27)50(2,3)41)22-23-44-25-33(42-43-44)32(26-46)29-13-5-4-6-14-29)21-20-28-12-11-15-30(24-28)45-34-17-8-10-19-37(34)49-36-18-9-7-16-31(36)40(45)47/h4-19,24-25,27,32,35,38-39,46H,20-23,26H2,1-3H3/t27-,32?,35+,38-,39+/m1/s1. The molecule has 2 aliphatic rings. The van der Waals surface area contributed by atoms with Gasteiger partial charge < -0.3 is 18.7 Å². The van der Waals surface area contributed by atoms with Crippen LogP contribution in [0.15, 0.2) is 109 Å². The van der Waals surface area contributed by atoms with Crippen molar-refractivity contribution in [1.29, 1.82) is 0 Å². The van der Waals surface area contributed by atoms with Crippen molar-refractivity contribution in [2.75, 3.05) is 11.5 Å². The molecule has 258 valence electrons. The molecule has 1 amide bonds. The molecule has 2 aliphatic heterocycles. The first-order valence-corrected chi connectivity index (χ1v) is 20.4. The summed E-state index contributed by atoms with van der Waals surface area (Å²) in [6, 6.07) is 32.7. The van der Waals surface area contributed by atoms with Crippen molar-refractivity contribution in [3.63, 3.8) is 0 Å². The highest BCUT2D eigenvalue weighted by molar-refractivity contribution is 6.72. The molecule has 7 rings (SSSR count). The molecule has 5 atom stereocenters. The minimum atomic E-state index is -3.07. The molecule has 5 aromatic rings. The number of hydrogen-bond acceptors (Lipinski definition) is 6. The third kappa shape index (κ3) is 6.88. The number of halogens is 1. The zero-order valence-corrected chi connectivity index (χ0v) is 29.7. The molecule has 0 spiro atoms. The molecule has 3 heterocycles. The van der Waals surface area contributed by atoms with Crippen LogP contribution in [-0.2, 0) is 17.7 Å². The summed E-state index contributed by atoms with van der Waals surface area (Å²) in [6.45, 7) is 6.18. The van der Waals surface area contributed by atoms with Crippen LogP contribution in [0.25, 0.3) is 0 Å². The highest BCUT2D eigenvalue weighted by Crippen LogP contribution is 2.47. The van der Waals surface area contributed by atoms with Crippen molar-refractivity contribution in [1.82, 2.24) is 15.0 Å². The summed E-state index contributed by atoms with van der Waals surface area (Å²) in [6.07, 6.45) is 3.64. The van der Waals surface area contributed by atoms with Gasteiger partial charge in [0.05, 0.1) is 41.7 Å². The van der Waals surface area contributed by atoms with Crippen LogP contribution >= 0.6 is 0 Å². The SMILES string of the molecule is C[C@H]1[C@H]([Si](C)(C)F)[C@@H](CCn2cc(C(CO)c3ccccc3)nn2)O[C@H]1CCc1cccc(N2C(=O)c3ccccc3Oc3ccccc32)c1. The molecule has 1 aromatic heterocycles. The smallest absolute Gasteiger partial charge is 0.266 e. The molecule has 1 fully saturated rings. The summed E-state index contributed by atoms with van der Waals surface area (Å²) in [5.41, 5.74) is 4.56. The van der Waals surface area contributed by atoms with E-state index in [4.69, 9.17) is 9.47 Å². The topological polar surface area (TPSA) is 89.7 Å². The number of rotatable bonds is 11. The van der Waals surface area contributed by atoms with Gasteiger partial charge in [-0.25, -0.2) is 0 Å². The molecule has 0 bridgehead atoms. The van der Waals surface area contributed by atoms with Crippen molar-refractivity contribution in [2.45, 2.75) is 69.5 Å². The predicted octanol–water partition coefficient (Wildman–Crippen LogP) is 8.46. The normalized spacial score (nSPS) is 20.9. The second kappa shape index (κ2) is 14.3. The monoisotopic (exact) mass is 690 g/mol. The van der Waals surface area contributed by atoms with Crippen molar-refractivity contribution >= 4 is 25.7 Å². The number of aliphatic hydroxyl groups is 1. The van der Waals surface area contributed by atoms with E-state index in [9.17, 15) is 9.90 Å². The highest BCUT2D eigenvalue weighted by Gasteiger charge is 2.50. The number of ether oxygens (including phenoxy) is 2. The molecule has 1 saturated heterocycles. The van der Waals surface area contributed by atoms with Gasteiger partial charge >= 0.3 is 0 Å². The summed E-state index contributed by atoms with van der Waals surface area (Å²) in [4.78, 5) is 15.7. The Kier molecular flexibility index (Phi) is 9.68. The van der Waals surface area contributed by atoms with Crippen LogP contribution in [0.5, 0.6) is 11.5 Å². The zero-order chi connectivity index (χ0) is 34.8. The summed E-state index contributed by atoms with van der Waals surface area (Å²) in [5.74, 6) is 0.807. The van der Waals surface area contributed by atoms with Crippen molar-refractivity contribution < 1.29 is 23.5 Å².